The van der Waals surface area contributed by atoms with Gasteiger partial charge in [0, 0.05) is 26.2 Å². The van der Waals surface area contributed by atoms with Crippen molar-refractivity contribution in [3.8, 4) is 0 Å². The second-order valence-corrected chi connectivity index (χ2v) is 7.21. The molecule has 0 bridgehead atoms. The number of carboxylic acid groups (broad SMARTS) is 1. The van der Waals surface area contributed by atoms with E-state index in [-0.39, 0.29) is 32.0 Å². The summed E-state index contributed by atoms with van der Waals surface area (Å²) in [5.41, 5.74) is 0. The molecule has 0 spiro atoms. The average Bonchev–Trinajstić information content (AvgIpc) is 2.45. The van der Waals surface area contributed by atoms with E-state index in [1.165, 1.54) is 0 Å². The van der Waals surface area contributed by atoms with Crippen molar-refractivity contribution in [1.29, 1.82) is 0 Å². The number of hydrogen-bond donors (Lipinski definition) is 1. The summed E-state index contributed by atoms with van der Waals surface area (Å²) in [6.07, 6.45) is 0.656. The highest BCUT2D eigenvalue weighted by atomic mass is 32.2. The number of rotatable bonds is 9. The van der Waals surface area contributed by atoms with Crippen LogP contribution in [0, 0.1) is 0 Å². The Labute approximate surface area is 136 Å². The Morgan fingerprint density at radius 1 is 1.43 bits per heavy atom. The first-order valence-electron chi connectivity index (χ1n) is 7.38. The maximum atomic E-state index is 12.0. The molecule has 0 aromatic rings. The quantitative estimate of drug-likeness (QED) is 0.529. The van der Waals surface area contributed by atoms with Crippen LogP contribution < -0.4 is 0 Å². The Morgan fingerprint density at radius 2 is 2.13 bits per heavy atom. The van der Waals surface area contributed by atoms with Crippen LogP contribution in [0.4, 0.5) is 0 Å². The molecule has 0 radical (unpaired) electrons. The molecule has 1 rings (SSSR count). The fourth-order valence-electron chi connectivity index (χ4n) is 2.21. The number of morpholine rings is 1. The molecule has 0 saturated carbocycles. The molecule has 23 heavy (non-hydrogen) atoms. The van der Waals surface area contributed by atoms with Crippen molar-refractivity contribution in [2.45, 2.75) is 19.4 Å². The molecule has 134 valence electrons. The van der Waals surface area contributed by atoms with Gasteiger partial charge < -0.3 is 19.5 Å². The number of hydrogen-bond acceptors (Lipinski definition) is 6. The molecule has 0 aromatic carbocycles. The van der Waals surface area contributed by atoms with Gasteiger partial charge in [-0.15, -0.1) is 0 Å². The van der Waals surface area contributed by atoms with E-state index in [2.05, 4.69) is 0 Å². The maximum absolute atomic E-state index is 12.0. The Balaban J connectivity index is 2.59. The Morgan fingerprint density at radius 3 is 2.70 bits per heavy atom. The van der Waals surface area contributed by atoms with Gasteiger partial charge in [0.15, 0.2) is 0 Å². The minimum absolute atomic E-state index is 0.0871. The minimum Gasteiger partial charge on any atom is -0.480 e. The summed E-state index contributed by atoms with van der Waals surface area (Å²) in [5.74, 6) is -1.33. The molecule has 1 N–H and O–H groups in total. The predicted octanol–water partition coefficient (Wildman–Crippen LogP) is -1.01. The number of carboxylic acids is 1. The van der Waals surface area contributed by atoms with Crippen molar-refractivity contribution in [3.63, 3.8) is 0 Å². The smallest absolute Gasteiger partial charge is 0.318 e. The standard InChI is InChI=1S/C13H24N2O7S/c1-3-21-6-4-12(16)14-5-7-22-11(8-14)9-15(10-13(17)18)23(2,19)20/h11H,3-10H2,1-2H3,(H,17,18). The summed E-state index contributed by atoms with van der Waals surface area (Å²) in [6.45, 7) is 2.95. The number of carbonyl (C=O) groups is 2. The van der Waals surface area contributed by atoms with Crippen molar-refractivity contribution in [1.82, 2.24) is 9.21 Å². The van der Waals surface area contributed by atoms with Crippen molar-refractivity contribution >= 4 is 21.9 Å². The largest absolute Gasteiger partial charge is 0.480 e. The van der Waals surface area contributed by atoms with Crippen LogP contribution in [0.25, 0.3) is 0 Å². The lowest BCUT2D eigenvalue weighted by Crippen LogP contribution is -2.51. The summed E-state index contributed by atoms with van der Waals surface area (Å²) in [6, 6.07) is 0. The number of nitrogens with zero attached hydrogens (tertiary/aromatic N) is 2. The second-order valence-electron chi connectivity index (χ2n) is 5.23. The Bertz CT molecular complexity index is 508. The molecule has 1 aliphatic heterocycles. The van der Waals surface area contributed by atoms with E-state index < -0.39 is 28.6 Å². The highest BCUT2D eigenvalue weighted by Gasteiger charge is 2.29. The molecule has 1 saturated heterocycles. The molecular weight excluding hydrogens is 328 g/mol. The van der Waals surface area contributed by atoms with Crippen LogP contribution in [0.15, 0.2) is 0 Å². The van der Waals surface area contributed by atoms with Gasteiger partial charge in [-0.2, -0.15) is 4.31 Å². The van der Waals surface area contributed by atoms with Crippen LogP contribution in [0.2, 0.25) is 0 Å². The van der Waals surface area contributed by atoms with E-state index in [1.54, 1.807) is 4.90 Å². The van der Waals surface area contributed by atoms with E-state index in [1.807, 2.05) is 6.92 Å². The highest BCUT2D eigenvalue weighted by Crippen LogP contribution is 2.10. The summed E-state index contributed by atoms with van der Waals surface area (Å²) in [5, 5.41) is 8.81. The average molecular weight is 352 g/mol. The number of sulfonamides is 1. The zero-order valence-electron chi connectivity index (χ0n) is 13.4. The molecule has 10 heteroatoms. The molecule has 1 fully saturated rings. The normalized spacial score (nSPS) is 19.1. The van der Waals surface area contributed by atoms with Crippen molar-refractivity contribution in [2.75, 3.05) is 52.3 Å². The lowest BCUT2D eigenvalue weighted by Gasteiger charge is -2.34. The summed E-state index contributed by atoms with van der Waals surface area (Å²) >= 11 is 0. The lowest BCUT2D eigenvalue weighted by molar-refractivity contribution is -0.142. The van der Waals surface area contributed by atoms with Gasteiger partial charge in [0.05, 0.1) is 32.0 Å². The van der Waals surface area contributed by atoms with Crippen molar-refractivity contribution < 1.29 is 32.6 Å². The molecule has 1 atom stereocenters. The van der Waals surface area contributed by atoms with Gasteiger partial charge in [0.25, 0.3) is 0 Å². The maximum Gasteiger partial charge on any atom is 0.318 e. The van der Waals surface area contributed by atoms with Gasteiger partial charge >= 0.3 is 5.97 Å². The molecule has 1 unspecified atom stereocenters. The van der Waals surface area contributed by atoms with Crippen molar-refractivity contribution in [3.05, 3.63) is 0 Å². The fraction of sp³-hybridized carbons (Fsp3) is 0.846. The van der Waals surface area contributed by atoms with Gasteiger partial charge in [-0.1, -0.05) is 0 Å². The van der Waals surface area contributed by atoms with Crippen LogP contribution in [0.1, 0.15) is 13.3 Å². The molecule has 1 heterocycles. The van der Waals surface area contributed by atoms with E-state index in [0.29, 0.717) is 19.8 Å². The SMILES string of the molecule is CCOCCC(=O)N1CCOC(CN(CC(=O)O)S(C)(=O)=O)C1. The Kier molecular flexibility index (Phi) is 7.89. The van der Waals surface area contributed by atoms with Gasteiger partial charge in [-0.25, -0.2) is 8.42 Å². The van der Waals surface area contributed by atoms with E-state index in [0.717, 1.165) is 10.6 Å². The van der Waals surface area contributed by atoms with Crippen LogP contribution in [0.3, 0.4) is 0 Å². The minimum atomic E-state index is -3.67. The first-order chi connectivity index (χ1) is 10.7. The van der Waals surface area contributed by atoms with E-state index >= 15 is 0 Å². The molecule has 1 aliphatic rings. The zero-order valence-corrected chi connectivity index (χ0v) is 14.3. The van der Waals surface area contributed by atoms with Gasteiger partial charge in [0.2, 0.25) is 15.9 Å². The number of aliphatic carboxylic acids is 1. The third kappa shape index (κ3) is 7.25. The van der Waals surface area contributed by atoms with E-state index in [4.69, 9.17) is 14.6 Å². The molecular formula is C13H24N2O7S. The van der Waals surface area contributed by atoms with Crippen LogP contribution in [0.5, 0.6) is 0 Å². The number of carbonyl (C=O) groups excluding carboxylic acids is 1. The topological polar surface area (TPSA) is 113 Å². The third-order valence-electron chi connectivity index (χ3n) is 3.34. The fourth-order valence-corrected chi connectivity index (χ4v) is 3.00. The molecule has 0 aromatic heterocycles. The summed E-state index contributed by atoms with van der Waals surface area (Å²) < 4.78 is 34.7. The number of ether oxygens (including phenoxy) is 2. The summed E-state index contributed by atoms with van der Waals surface area (Å²) in [7, 11) is -3.67. The molecule has 1 amide bonds. The first-order valence-corrected chi connectivity index (χ1v) is 9.23. The van der Waals surface area contributed by atoms with Gasteiger partial charge in [-0.05, 0) is 6.92 Å². The van der Waals surface area contributed by atoms with Gasteiger partial charge in [0.1, 0.15) is 6.54 Å². The first kappa shape index (κ1) is 19.8. The Hall–Kier alpha value is -1.23. The number of amides is 1. The van der Waals surface area contributed by atoms with Gasteiger partial charge in [-0.3, -0.25) is 9.59 Å². The van der Waals surface area contributed by atoms with Crippen molar-refractivity contribution in [2.24, 2.45) is 0 Å². The summed E-state index contributed by atoms with van der Waals surface area (Å²) in [4.78, 5) is 24.4. The van der Waals surface area contributed by atoms with Crippen LogP contribution in [-0.4, -0.2) is 93.0 Å². The highest BCUT2D eigenvalue weighted by molar-refractivity contribution is 7.88. The lowest BCUT2D eigenvalue weighted by atomic mass is 10.2. The molecule has 9 nitrogen and oxygen atoms in total. The van der Waals surface area contributed by atoms with Crippen LogP contribution >= 0.6 is 0 Å². The van der Waals surface area contributed by atoms with E-state index in [9.17, 15) is 18.0 Å². The van der Waals surface area contributed by atoms with Crippen LogP contribution in [-0.2, 0) is 29.1 Å². The molecule has 0 aliphatic carbocycles. The third-order valence-corrected chi connectivity index (χ3v) is 4.56. The second kappa shape index (κ2) is 9.16. The monoisotopic (exact) mass is 352 g/mol. The zero-order chi connectivity index (χ0) is 17.5. The predicted molar refractivity (Wildman–Crippen MR) is 81.5 cm³/mol.